The molecular formula is C19H20N4O2. The lowest BCUT2D eigenvalue weighted by atomic mass is 9.93. The molecule has 0 radical (unpaired) electrons. The van der Waals surface area contributed by atoms with Gasteiger partial charge in [-0.05, 0) is 37.1 Å². The number of hydrogen-bond acceptors (Lipinski definition) is 4. The number of aromatic nitrogens is 3. The maximum absolute atomic E-state index is 12.7. The summed E-state index contributed by atoms with van der Waals surface area (Å²) in [6.45, 7) is 1.45. The Morgan fingerprint density at radius 1 is 1.20 bits per heavy atom. The molecule has 6 nitrogen and oxygen atoms in total. The van der Waals surface area contributed by atoms with Gasteiger partial charge in [0.15, 0.2) is 5.76 Å². The van der Waals surface area contributed by atoms with E-state index >= 15 is 0 Å². The number of hydrogen-bond donors (Lipinski definition) is 0. The maximum atomic E-state index is 12.7. The fourth-order valence-electron chi connectivity index (χ4n) is 3.31. The van der Waals surface area contributed by atoms with Gasteiger partial charge in [-0.25, -0.2) is 0 Å². The molecular weight excluding hydrogens is 316 g/mol. The molecule has 4 rings (SSSR count). The largest absolute Gasteiger partial charge is 0.451 e. The highest BCUT2D eigenvalue weighted by molar-refractivity contribution is 5.92. The Balaban J connectivity index is 1.42. The molecule has 1 fully saturated rings. The average Bonchev–Trinajstić information content (AvgIpc) is 3.31. The van der Waals surface area contributed by atoms with E-state index in [2.05, 4.69) is 16.1 Å². The van der Waals surface area contributed by atoms with Crippen LogP contribution in [-0.4, -0.2) is 38.7 Å². The Labute approximate surface area is 146 Å². The van der Waals surface area contributed by atoms with Gasteiger partial charge in [0.1, 0.15) is 5.76 Å². The lowest BCUT2D eigenvalue weighted by Gasteiger charge is -2.31. The van der Waals surface area contributed by atoms with Crippen molar-refractivity contribution in [2.24, 2.45) is 7.05 Å². The van der Waals surface area contributed by atoms with Crippen molar-refractivity contribution in [3.05, 3.63) is 60.4 Å². The predicted octanol–water partition coefficient (Wildman–Crippen LogP) is 3.09. The van der Waals surface area contributed by atoms with Crippen LogP contribution < -0.4 is 0 Å². The standard InChI is InChI=1S/C19H20N4O2/c1-22-13-15(12-21-22)17-5-6-18(25-17)19(24)23-10-7-14(8-11-23)16-4-2-3-9-20-16/h2-6,9,12-14H,7-8,10-11H2,1H3. The van der Waals surface area contributed by atoms with E-state index in [1.54, 1.807) is 16.9 Å². The number of piperidine rings is 1. The first-order chi connectivity index (χ1) is 12.2. The quantitative estimate of drug-likeness (QED) is 0.737. The lowest BCUT2D eigenvalue weighted by Crippen LogP contribution is -2.37. The third kappa shape index (κ3) is 3.20. The number of carbonyl (C=O) groups is 1. The molecule has 0 atom stereocenters. The number of likely N-dealkylation sites (tertiary alicyclic amines) is 1. The number of furan rings is 1. The van der Waals surface area contributed by atoms with Crippen molar-refractivity contribution in [1.82, 2.24) is 19.7 Å². The lowest BCUT2D eigenvalue weighted by molar-refractivity contribution is 0.0681. The zero-order valence-corrected chi connectivity index (χ0v) is 14.1. The molecule has 0 N–H and O–H groups in total. The Kier molecular flexibility index (Phi) is 4.09. The van der Waals surface area contributed by atoms with E-state index in [9.17, 15) is 4.79 Å². The highest BCUT2D eigenvalue weighted by Gasteiger charge is 2.26. The topological polar surface area (TPSA) is 64.2 Å². The van der Waals surface area contributed by atoms with Crippen LogP contribution >= 0.6 is 0 Å². The monoisotopic (exact) mass is 336 g/mol. The van der Waals surface area contributed by atoms with Crippen LogP contribution in [-0.2, 0) is 7.05 Å². The number of amides is 1. The summed E-state index contributed by atoms with van der Waals surface area (Å²) in [6, 6.07) is 9.58. The fourth-order valence-corrected chi connectivity index (χ4v) is 3.31. The number of pyridine rings is 1. The van der Waals surface area contributed by atoms with Crippen LogP contribution in [0.1, 0.15) is 35.0 Å². The molecule has 0 aromatic carbocycles. The molecule has 25 heavy (non-hydrogen) atoms. The Morgan fingerprint density at radius 2 is 2.04 bits per heavy atom. The van der Waals surface area contributed by atoms with Gasteiger partial charge in [0.05, 0.1) is 11.8 Å². The van der Waals surface area contributed by atoms with Crippen LogP contribution in [0.25, 0.3) is 11.3 Å². The van der Waals surface area contributed by atoms with Crippen LogP contribution in [0.15, 0.2) is 53.3 Å². The summed E-state index contributed by atoms with van der Waals surface area (Å²) in [4.78, 5) is 19.0. The van der Waals surface area contributed by atoms with E-state index in [0.29, 0.717) is 17.4 Å². The van der Waals surface area contributed by atoms with Crippen LogP contribution in [0.4, 0.5) is 0 Å². The second-order valence-corrected chi connectivity index (χ2v) is 6.39. The van der Waals surface area contributed by atoms with E-state index < -0.39 is 0 Å². The molecule has 0 bridgehead atoms. The van der Waals surface area contributed by atoms with Gasteiger partial charge in [-0.15, -0.1) is 0 Å². The second-order valence-electron chi connectivity index (χ2n) is 6.39. The van der Waals surface area contributed by atoms with Crippen molar-refractivity contribution in [2.45, 2.75) is 18.8 Å². The second kappa shape index (κ2) is 6.55. The fraction of sp³-hybridized carbons (Fsp3) is 0.316. The summed E-state index contributed by atoms with van der Waals surface area (Å²) in [7, 11) is 1.85. The third-order valence-corrected chi connectivity index (χ3v) is 4.69. The van der Waals surface area contributed by atoms with E-state index in [0.717, 1.165) is 37.2 Å². The molecule has 0 aliphatic carbocycles. The first-order valence-corrected chi connectivity index (χ1v) is 8.50. The molecule has 1 saturated heterocycles. The maximum Gasteiger partial charge on any atom is 0.289 e. The first kappa shape index (κ1) is 15.6. The summed E-state index contributed by atoms with van der Waals surface area (Å²) in [6.07, 6.45) is 7.28. The highest BCUT2D eigenvalue weighted by Crippen LogP contribution is 2.28. The SMILES string of the molecule is Cn1cc(-c2ccc(C(=O)N3CCC(c4ccccn4)CC3)o2)cn1. The minimum absolute atomic E-state index is 0.0467. The summed E-state index contributed by atoms with van der Waals surface area (Å²) in [5.41, 5.74) is 1.99. The average molecular weight is 336 g/mol. The van der Waals surface area contributed by atoms with Gasteiger partial charge in [0, 0.05) is 44.1 Å². The van der Waals surface area contributed by atoms with Crippen LogP contribution in [0, 0.1) is 0 Å². The van der Waals surface area contributed by atoms with E-state index in [1.807, 2.05) is 42.5 Å². The smallest absolute Gasteiger partial charge is 0.289 e. The van der Waals surface area contributed by atoms with E-state index in [-0.39, 0.29) is 5.91 Å². The molecule has 0 spiro atoms. The predicted molar refractivity (Wildman–Crippen MR) is 93.0 cm³/mol. The van der Waals surface area contributed by atoms with E-state index in [4.69, 9.17) is 4.42 Å². The van der Waals surface area contributed by atoms with Crippen molar-refractivity contribution >= 4 is 5.91 Å². The summed E-state index contributed by atoms with van der Waals surface area (Å²) in [5.74, 6) is 1.43. The minimum atomic E-state index is -0.0467. The van der Waals surface area contributed by atoms with Gasteiger partial charge in [0.2, 0.25) is 0 Å². The third-order valence-electron chi connectivity index (χ3n) is 4.69. The number of carbonyl (C=O) groups excluding carboxylic acids is 1. The Hall–Kier alpha value is -2.89. The van der Waals surface area contributed by atoms with Gasteiger partial charge in [-0.1, -0.05) is 6.07 Å². The van der Waals surface area contributed by atoms with Crippen molar-refractivity contribution in [3.63, 3.8) is 0 Å². The molecule has 4 heterocycles. The molecule has 128 valence electrons. The number of aryl methyl sites for hydroxylation is 1. The molecule has 1 aliphatic heterocycles. The van der Waals surface area contributed by atoms with Gasteiger partial charge in [-0.2, -0.15) is 5.10 Å². The summed E-state index contributed by atoms with van der Waals surface area (Å²) >= 11 is 0. The number of rotatable bonds is 3. The van der Waals surface area contributed by atoms with Crippen molar-refractivity contribution in [2.75, 3.05) is 13.1 Å². The summed E-state index contributed by atoms with van der Waals surface area (Å²) < 4.78 is 7.46. The van der Waals surface area contributed by atoms with Crippen LogP contribution in [0.3, 0.4) is 0 Å². The van der Waals surface area contributed by atoms with E-state index in [1.165, 1.54) is 0 Å². The van der Waals surface area contributed by atoms with Gasteiger partial charge in [-0.3, -0.25) is 14.5 Å². The molecule has 6 heteroatoms. The molecule has 3 aromatic rings. The zero-order valence-electron chi connectivity index (χ0n) is 14.1. The minimum Gasteiger partial charge on any atom is -0.451 e. The van der Waals surface area contributed by atoms with Gasteiger partial charge in [0.25, 0.3) is 5.91 Å². The van der Waals surface area contributed by atoms with Crippen LogP contribution in [0.2, 0.25) is 0 Å². The normalized spacial score (nSPS) is 15.5. The van der Waals surface area contributed by atoms with Crippen LogP contribution in [0.5, 0.6) is 0 Å². The molecule has 3 aromatic heterocycles. The molecule has 0 unspecified atom stereocenters. The molecule has 1 aliphatic rings. The molecule has 1 amide bonds. The zero-order chi connectivity index (χ0) is 17.2. The molecule has 0 saturated carbocycles. The first-order valence-electron chi connectivity index (χ1n) is 8.50. The van der Waals surface area contributed by atoms with Crippen molar-refractivity contribution < 1.29 is 9.21 Å². The Bertz CT molecular complexity index is 860. The van der Waals surface area contributed by atoms with Gasteiger partial charge >= 0.3 is 0 Å². The van der Waals surface area contributed by atoms with Crippen molar-refractivity contribution in [3.8, 4) is 11.3 Å². The Morgan fingerprint density at radius 3 is 2.72 bits per heavy atom. The van der Waals surface area contributed by atoms with Crippen molar-refractivity contribution in [1.29, 1.82) is 0 Å². The van der Waals surface area contributed by atoms with Gasteiger partial charge < -0.3 is 9.32 Å². The number of nitrogens with zero attached hydrogens (tertiary/aromatic N) is 4. The summed E-state index contributed by atoms with van der Waals surface area (Å²) in [5, 5.41) is 4.13. The highest BCUT2D eigenvalue weighted by atomic mass is 16.4.